The largest absolute Gasteiger partial charge is 0.396 e. The van der Waals surface area contributed by atoms with Gasteiger partial charge in [-0.15, -0.1) is 0 Å². The van der Waals surface area contributed by atoms with E-state index >= 15 is 0 Å². The van der Waals surface area contributed by atoms with Crippen molar-refractivity contribution in [1.29, 1.82) is 0 Å². The number of halogens is 1. The van der Waals surface area contributed by atoms with Crippen LogP contribution in [-0.2, 0) is 0 Å². The van der Waals surface area contributed by atoms with Crippen LogP contribution in [0.4, 0.5) is 5.69 Å². The highest BCUT2D eigenvalue weighted by atomic mass is 35.5. The normalized spacial score (nSPS) is 19.9. The minimum Gasteiger partial charge on any atom is -0.396 e. The van der Waals surface area contributed by atoms with Gasteiger partial charge < -0.3 is 10.0 Å². The van der Waals surface area contributed by atoms with Gasteiger partial charge in [-0.2, -0.15) is 0 Å². The molecule has 1 aromatic rings. The second-order valence-electron chi connectivity index (χ2n) is 3.79. The van der Waals surface area contributed by atoms with Crippen molar-refractivity contribution in [2.45, 2.75) is 12.3 Å². The molecule has 0 spiro atoms. The topological polar surface area (TPSA) is 23.5 Å². The van der Waals surface area contributed by atoms with Gasteiger partial charge in [-0.3, -0.25) is 0 Å². The zero-order chi connectivity index (χ0) is 10.1. The third kappa shape index (κ3) is 1.60. The van der Waals surface area contributed by atoms with Gasteiger partial charge in [0.1, 0.15) is 0 Å². The molecule has 3 heteroatoms. The van der Waals surface area contributed by atoms with Crippen molar-refractivity contribution < 1.29 is 5.11 Å². The molecule has 0 radical (unpaired) electrons. The lowest BCUT2D eigenvalue weighted by Crippen LogP contribution is -2.15. The lowest BCUT2D eigenvalue weighted by molar-refractivity contribution is 0.278. The summed E-state index contributed by atoms with van der Waals surface area (Å²) in [5, 5.41) is 9.74. The highest BCUT2D eigenvalue weighted by Gasteiger charge is 2.25. The lowest BCUT2D eigenvalue weighted by Gasteiger charge is -2.11. The van der Waals surface area contributed by atoms with Crippen LogP contribution < -0.4 is 4.90 Å². The van der Waals surface area contributed by atoms with Gasteiger partial charge in [-0.25, -0.2) is 0 Å². The van der Waals surface area contributed by atoms with Crippen LogP contribution in [0.5, 0.6) is 0 Å². The number of hydrogen-bond acceptors (Lipinski definition) is 2. The van der Waals surface area contributed by atoms with E-state index in [1.165, 1.54) is 11.3 Å². The number of hydrogen-bond donors (Lipinski definition) is 1. The van der Waals surface area contributed by atoms with Crippen molar-refractivity contribution in [3.63, 3.8) is 0 Å². The van der Waals surface area contributed by atoms with Crippen molar-refractivity contribution in [3.8, 4) is 0 Å². The van der Waals surface area contributed by atoms with Gasteiger partial charge in [0.2, 0.25) is 0 Å². The second-order valence-corrected chi connectivity index (χ2v) is 4.23. The van der Waals surface area contributed by atoms with Crippen LogP contribution in [0.2, 0.25) is 5.02 Å². The van der Waals surface area contributed by atoms with Gasteiger partial charge in [-0.05, 0) is 30.2 Å². The minimum absolute atomic E-state index is 0.241. The molecule has 1 N–H and O–H groups in total. The summed E-state index contributed by atoms with van der Waals surface area (Å²) in [5.74, 6) is 0.429. The second kappa shape index (κ2) is 3.79. The molecule has 0 fully saturated rings. The van der Waals surface area contributed by atoms with Gasteiger partial charge in [-0.1, -0.05) is 11.6 Å². The number of benzene rings is 1. The summed E-state index contributed by atoms with van der Waals surface area (Å²) in [7, 11) is 2.07. The SMILES string of the molecule is CN1CC(CCO)c2cc(Cl)ccc21. The molecule has 0 amide bonds. The molecule has 0 aliphatic carbocycles. The van der Waals surface area contributed by atoms with Crippen LogP contribution in [0.3, 0.4) is 0 Å². The molecule has 0 bridgehead atoms. The third-order valence-corrected chi connectivity index (χ3v) is 3.05. The van der Waals surface area contributed by atoms with E-state index in [9.17, 15) is 0 Å². The quantitative estimate of drug-likeness (QED) is 0.811. The molecular formula is C11H14ClNO. The van der Waals surface area contributed by atoms with E-state index in [4.69, 9.17) is 16.7 Å². The molecule has 0 saturated heterocycles. The van der Waals surface area contributed by atoms with Crippen LogP contribution in [-0.4, -0.2) is 25.3 Å². The fraction of sp³-hybridized carbons (Fsp3) is 0.455. The minimum atomic E-state index is 0.241. The Morgan fingerprint density at radius 1 is 1.57 bits per heavy atom. The Morgan fingerprint density at radius 2 is 2.36 bits per heavy atom. The van der Waals surface area contributed by atoms with Gasteiger partial charge in [0, 0.05) is 36.8 Å². The van der Waals surface area contributed by atoms with E-state index in [1.807, 2.05) is 12.1 Å². The predicted molar refractivity (Wildman–Crippen MR) is 59.2 cm³/mol. The van der Waals surface area contributed by atoms with Crippen molar-refractivity contribution >= 4 is 17.3 Å². The van der Waals surface area contributed by atoms with Crippen molar-refractivity contribution in [3.05, 3.63) is 28.8 Å². The van der Waals surface area contributed by atoms with Crippen molar-refractivity contribution in [2.24, 2.45) is 0 Å². The molecule has 2 rings (SSSR count). The monoisotopic (exact) mass is 211 g/mol. The first-order valence-corrected chi connectivity index (χ1v) is 5.21. The first-order valence-electron chi connectivity index (χ1n) is 4.84. The van der Waals surface area contributed by atoms with E-state index in [0.717, 1.165) is 18.0 Å². The molecule has 1 heterocycles. The number of anilines is 1. The number of aliphatic hydroxyl groups is 1. The Hall–Kier alpha value is -0.730. The number of rotatable bonds is 2. The zero-order valence-electron chi connectivity index (χ0n) is 8.20. The Morgan fingerprint density at radius 3 is 3.07 bits per heavy atom. The van der Waals surface area contributed by atoms with Gasteiger partial charge >= 0.3 is 0 Å². The van der Waals surface area contributed by atoms with Crippen LogP contribution >= 0.6 is 11.6 Å². The van der Waals surface area contributed by atoms with Crippen LogP contribution in [0.25, 0.3) is 0 Å². The molecule has 76 valence electrons. The highest BCUT2D eigenvalue weighted by molar-refractivity contribution is 6.30. The average molecular weight is 212 g/mol. The Kier molecular flexibility index (Phi) is 2.66. The number of aliphatic hydroxyl groups excluding tert-OH is 1. The maximum absolute atomic E-state index is 8.96. The number of nitrogens with zero attached hydrogens (tertiary/aromatic N) is 1. The molecule has 0 saturated carbocycles. The van der Waals surface area contributed by atoms with Crippen molar-refractivity contribution in [2.75, 3.05) is 25.1 Å². The zero-order valence-corrected chi connectivity index (χ0v) is 8.96. The standard InChI is InChI=1S/C11H14ClNO/c1-13-7-8(4-5-14)10-6-9(12)2-3-11(10)13/h2-3,6,8,14H,4-5,7H2,1H3. The van der Waals surface area contributed by atoms with Gasteiger partial charge in [0.15, 0.2) is 0 Å². The van der Waals surface area contributed by atoms with E-state index in [2.05, 4.69) is 18.0 Å². The van der Waals surface area contributed by atoms with E-state index in [-0.39, 0.29) is 6.61 Å². The average Bonchev–Trinajstić information content (AvgIpc) is 2.44. The van der Waals surface area contributed by atoms with Crippen LogP contribution in [0.1, 0.15) is 17.9 Å². The van der Waals surface area contributed by atoms with Gasteiger partial charge in [0.05, 0.1) is 0 Å². The molecule has 0 aromatic heterocycles. The molecule has 14 heavy (non-hydrogen) atoms. The Balaban J connectivity index is 2.35. The van der Waals surface area contributed by atoms with Crippen LogP contribution in [0, 0.1) is 0 Å². The number of fused-ring (bicyclic) bond motifs is 1. The Labute approximate surface area is 89.1 Å². The summed E-state index contributed by atoms with van der Waals surface area (Å²) in [6, 6.07) is 5.98. The highest BCUT2D eigenvalue weighted by Crippen LogP contribution is 2.38. The summed E-state index contributed by atoms with van der Waals surface area (Å²) in [4.78, 5) is 2.21. The maximum atomic E-state index is 8.96. The van der Waals surface area contributed by atoms with Gasteiger partial charge in [0.25, 0.3) is 0 Å². The molecule has 1 aliphatic rings. The molecule has 1 aliphatic heterocycles. The van der Waals surface area contributed by atoms with E-state index < -0.39 is 0 Å². The summed E-state index contributed by atoms with van der Waals surface area (Å²) in [5.41, 5.74) is 2.52. The first kappa shape index (κ1) is 9.81. The predicted octanol–water partition coefficient (Wildman–Crippen LogP) is 2.26. The van der Waals surface area contributed by atoms with E-state index in [1.54, 1.807) is 0 Å². The molecule has 2 nitrogen and oxygen atoms in total. The smallest absolute Gasteiger partial charge is 0.0437 e. The third-order valence-electron chi connectivity index (χ3n) is 2.81. The summed E-state index contributed by atoms with van der Waals surface area (Å²) in [6.45, 7) is 1.22. The Bertz CT molecular complexity index is 340. The molecular weight excluding hydrogens is 198 g/mol. The summed E-state index contributed by atoms with van der Waals surface area (Å²) >= 11 is 5.96. The van der Waals surface area contributed by atoms with E-state index in [0.29, 0.717) is 5.92 Å². The first-order chi connectivity index (χ1) is 6.72. The lowest BCUT2D eigenvalue weighted by atomic mass is 9.98. The maximum Gasteiger partial charge on any atom is 0.0437 e. The summed E-state index contributed by atoms with van der Waals surface area (Å²) < 4.78 is 0. The molecule has 1 atom stereocenters. The number of likely N-dealkylation sites (N-methyl/N-ethyl adjacent to an activating group) is 1. The fourth-order valence-electron chi connectivity index (χ4n) is 2.13. The summed E-state index contributed by atoms with van der Waals surface area (Å²) in [6.07, 6.45) is 0.817. The molecule has 1 unspecified atom stereocenters. The molecule has 1 aromatic carbocycles. The van der Waals surface area contributed by atoms with Crippen LogP contribution in [0.15, 0.2) is 18.2 Å². The van der Waals surface area contributed by atoms with Crippen molar-refractivity contribution in [1.82, 2.24) is 0 Å². The fourth-order valence-corrected chi connectivity index (χ4v) is 2.31.